The smallest absolute Gasteiger partial charge is 0.244 e. The van der Waals surface area contributed by atoms with Gasteiger partial charge < -0.3 is 9.64 Å². The van der Waals surface area contributed by atoms with Crippen LogP contribution in [0.3, 0.4) is 0 Å². The number of carbonyl (C=O) groups is 1. The number of nitrogens with zero attached hydrogens (tertiary/aromatic N) is 3. The van der Waals surface area contributed by atoms with Crippen LogP contribution in [0.5, 0.6) is 5.75 Å². The second-order valence-electron chi connectivity index (χ2n) is 6.43. The molecular formula is C20H26FN3O4S2. The molecule has 0 unspecified atom stereocenters. The average molecular weight is 456 g/mol. The van der Waals surface area contributed by atoms with Gasteiger partial charge in [0.25, 0.3) is 0 Å². The molecule has 7 nitrogen and oxygen atoms in total. The number of amides is 1. The maximum atomic E-state index is 13.8. The lowest BCUT2D eigenvalue weighted by Gasteiger charge is -2.18. The van der Waals surface area contributed by atoms with Crippen LogP contribution in [0.1, 0.15) is 19.4 Å². The standard InChI is InChI=1S/C20H26FN3O4S2/c1-5-24(6-2)30(26,27)16-8-10-19(22-12-16)29-14-20(25)23(3)13-15-7-9-18(28-4)17(21)11-15/h7-12H,5-6,13-14H2,1-4H3. The molecule has 1 heterocycles. The van der Waals surface area contributed by atoms with Crippen molar-refractivity contribution in [2.45, 2.75) is 30.3 Å². The zero-order chi connectivity index (χ0) is 22.3. The fourth-order valence-electron chi connectivity index (χ4n) is 2.73. The molecule has 0 fully saturated rings. The first kappa shape index (κ1) is 24.1. The minimum absolute atomic E-state index is 0.125. The number of sulfonamides is 1. The Morgan fingerprint density at radius 3 is 2.43 bits per heavy atom. The Hall–Kier alpha value is -2.17. The molecule has 1 aromatic carbocycles. The van der Waals surface area contributed by atoms with Crippen molar-refractivity contribution in [2.75, 3.05) is 33.0 Å². The van der Waals surface area contributed by atoms with Gasteiger partial charge in [0, 0.05) is 32.9 Å². The van der Waals surface area contributed by atoms with Gasteiger partial charge in [-0.05, 0) is 29.8 Å². The molecule has 164 valence electrons. The first-order valence-corrected chi connectivity index (χ1v) is 11.8. The second kappa shape index (κ2) is 10.7. The predicted octanol–water partition coefficient (Wildman–Crippen LogP) is 3.01. The number of benzene rings is 1. The fraction of sp³-hybridized carbons (Fsp3) is 0.400. The highest BCUT2D eigenvalue weighted by molar-refractivity contribution is 7.99. The molecular weight excluding hydrogens is 429 g/mol. The SMILES string of the molecule is CCN(CC)S(=O)(=O)c1ccc(SCC(=O)N(C)Cc2ccc(OC)c(F)c2)nc1. The van der Waals surface area contributed by atoms with E-state index in [0.29, 0.717) is 23.7 Å². The number of thioether (sulfide) groups is 1. The molecule has 1 aromatic heterocycles. The summed E-state index contributed by atoms with van der Waals surface area (Å²) in [4.78, 5) is 18.2. The summed E-state index contributed by atoms with van der Waals surface area (Å²) in [6.45, 7) is 4.58. The number of rotatable bonds is 10. The van der Waals surface area contributed by atoms with E-state index < -0.39 is 15.8 Å². The van der Waals surface area contributed by atoms with Gasteiger partial charge in [0.05, 0.1) is 17.9 Å². The zero-order valence-corrected chi connectivity index (χ0v) is 19.1. The highest BCUT2D eigenvalue weighted by atomic mass is 32.2. The molecule has 0 saturated carbocycles. The molecule has 0 aliphatic heterocycles. The van der Waals surface area contributed by atoms with Crippen molar-refractivity contribution >= 4 is 27.7 Å². The monoisotopic (exact) mass is 455 g/mol. The Labute approximate surface area is 181 Å². The van der Waals surface area contributed by atoms with Crippen LogP contribution in [-0.4, -0.2) is 61.5 Å². The minimum Gasteiger partial charge on any atom is -0.494 e. The molecule has 0 radical (unpaired) electrons. The van der Waals surface area contributed by atoms with Gasteiger partial charge in [-0.1, -0.05) is 31.7 Å². The number of carbonyl (C=O) groups excluding carboxylic acids is 1. The molecule has 2 rings (SSSR count). The lowest BCUT2D eigenvalue weighted by Crippen LogP contribution is -2.30. The van der Waals surface area contributed by atoms with E-state index in [1.807, 2.05) is 0 Å². The van der Waals surface area contributed by atoms with E-state index in [0.717, 1.165) is 0 Å². The summed E-state index contributed by atoms with van der Waals surface area (Å²) in [5, 5.41) is 0.547. The predicted molar refractivity (Wildman–Crippen MR) is 114 cm³/mol. The number of hydrogen-bond acceptors (Lipinski definition) is 6. The number of pyridine rings is 1. The van der Waals surface area contributed by atoms with Crippen LogP contribution in [-0.2, 0) is 21.4 Å². The van der Waals surface area contributed by atoms with Crippen LogP contribution in [0.2, 0.25) is 0 Å². The van der Waals surface area contributed by atoms with Crippen molar-refractivity contribution in [3.05, 3.63) is 47.9 Å². The van der Waals surface area contributed by atoms with Crippen LogP contribution in [0, 0.1) is 5.82 Å². The molecule has 0 saturated heterocycles. The molecule has 10 heteroatoms. The van der Waals surface area contributed by atoms with Crippen molar-refractivity contribution in [3.63, 3.8) is 0 Å². The Morgan fingerprint density at radius 1 is 1.20 bits per heavy atom. The summed E-state index contributed by atoms with van der Waals surface area (Å²) in [6, 6.07) is 7.65. The van der Waals surface area contributed by atoms with Gasteiger partial charge in [-0.15, -0.1) is 0 Å². The molecule has 0 aliphatic carbocycles. The average Bonchev–Trinajstić information content (AvgIpc) is 2.73. The summed E-state index contributed by atoms with van der Waals surface area (Å²) in [5.74, 6) is -0.350. The van der Waals surface area contributed by atoms with Crippen LogP contribution in [0.25, 0.3) is 0 Å². The lowest BCUT2D eigenvalue weighted by molar-refractivity contribution is -0.127. The van der Waals surface area contributed by atoms with E-state index in [-0.39, 0.29) is 28.8 Å². The third-order valence-corrected chi connectivity index (χ3v) is 7.42. The first-order valence-electron chi connectivity index (χ1n) is 9.38. The topological polar surface area (TPSA) is 79.8 Å². The summed E-state index contributed by atoms with van der Waals surface area (Å²) in [7, 11) is -0.529. The zero-order valence-electron chi connectivity index (χ0n) is 17.5. The minimum atomic E-state index is -3.56. The summed E-state index contributed by atoms with van der Waals surface area (Å²) in [5.41, 5.74) is 0.651. The van der Waals surface area contributed by atoms with E-state index >= 15 is 0 Å². The molecule has 2 aromatic rings. The summed E-state index contributed by atoms with van der Waals surface area (Å²) < 4.78 is 45.0. The third kappa shape index (κ3) is 5.93. The Balaban J connectivity index is 1.95. The number of ether oxygens (including phenoxy) is 1. The van der Waals surface area contributed by atoms with Gasteiger partial charge in [-0.3, -0.25) is 4.79 Å². The quantitative estimate of drug-likeness (QED) is 0.513. The van der Waals surface area contributed by atoms with Crippen molar-refractivity contribution in [3.8, 4) is 5.75 Å². The molecule has 30 heavy (non-hydrogen) atoms. The van der Waals surface area contributed by atoms with Gasteiger partial charge >= 0.3 is 0 Å². The third-order valence-electron chi connectivity index (χ3n) is 4.46. The lowest BCUT2D eigenvalue weighted by atomic mass is 10.2. The number of hydrogen-bond donors (Lipinski definition) is 0. The number of methoxy groups -OCH3 is 1. The summed E-state index contributed by atoms with van der Waals surface area (Å²) >= 11 is 1.21. The molecule has 0 N–H and O–H groups in total. The Morgan fingerprint density at radius 2 is 1.90 bits per heavy atom. The van der Waals surface area contributed by atoms with Crippen LogP contribution < -0.4 is 4.74 Å². The van der Waals surface area contributed by atoms with E-state index in [2.05, 4.69) is 4.98 Å². The van der Waals surface area contributed by atoms with Gasteiger partial charge in [0.2, 0.25) is 15.9 Å². The molecule has 0 atom stereocenters. The number of halogens is 1. The highest BCUT2D eigenvalue weighted by Gasteiger charge is 2.22. The van der Waals surface area contributed by atoms with E-state index in [9.17, 15) is 17.6 Å². The van der Waals surface area contributed by atoms with Crippen LogP contribution >= 0.6 is 11.8 Å². The maximum Gasteiger partial charge on any atom is 0.244 e. The van der Waals surface area contributed by atoms with Gasteiger partial charge in [0.1, 0.15) is 4.90 Å². The molecule has 1 amide bonds. The Kier molecular flexibility index (Phi) is 8.63. The Bertz CT molecular complexity index is 965. The highest BCUT2D eigenvalue weighted by Crippen LogP contribution is 2.21. The first-order chi connectivity index (χ1) is 14.2. The van der Waals surface area contributed by atoms with Crippen LogP contribution in [0.4, 0.5) is 4.39 Å². The molecule has 0 bridgehead atoms. The van der Waals surface area contributed by atoms with Gasteiger partial charge in [-0.2, -0.15) is 4.31 Å². The summed E-state index contributed by atoms with van der Waals surface area (Å²) in [6.07, 6.45) is 1.31. The van der Waals surface area contributed by atoms with E-state index in [1.54, 1.807) is 33.0 Å². The van der Waals surface area contributed by atoms with Gasteiger partial charge in [0.15, 0.2) is 11.6 Å². The van der Waals surface area contributed by atoms with Crippen molar-refractivity contribution < 1.29 is 22.3 Å². The molecule has 0 spiro atoms. The maximum absolute atomic E-state index is 13.8. The fourth-order valence-corrected chi connectivity index (χ4v) is 4.92. The van der Waals surface area contributed by atoms with Gasteiger partial charge in [-0.25, -0.2) is 17.8 Å². The largest absolute Gasteiger partial charge is 0.494 e. The second-order valence-corrected chi connectivity index (χ2v) is 9.36. The van der Waals surface area contributed by atoms with Crippen molar-refractivity contribution in [1.82, 2.24) is 14.2 Å². The van der Waals surface area contributed by atoms with E-state index in [1.165, 1.54) is 52.5 Å². The van der Waals surface area contributed by atoms with Crippen molar-refractivity contribution in [2.24, 2.45) is 0 Å². The number of aromatic nitrogens is 1. The molecule has 0 aliphatic rings. The van der Waals surface area contributed by atoms with E-state index in [4.69, 9.17) is 4.74 Å². The van der Waals surface area contributed by atoms with Crippen molar-refractivity contribution in [1.29, 1.82) is 0 Å². The normalized spacial score (nSPS) is 11.5. The van der Waals surface area contributed by atoms with Crippen LogP contribution in [0.15, 0.2) is 46.5 Å².